The van der Waals surface area contributed by atoms with Gasteiger partial charge in [-0.3, -0.25) is 23.5 Å². The van der Waals surface area contributed by atoms with Gasteiger partial charge < -0.3 is 19.3 Å². The Labute approximate surface area is 257 Å². The van der Waals surface area contributed by atoms with Gasteiger partial charge in [0.25, 0.3) is 5.56 Å². The molecule has 45 heavy (non-hydrogen) atoms. The second kappa shape index (κ2) is 12.8. The number of carbonyl (C=O) groups excluding carboxylic acids is 2. The Kier molecular flexibility index (Phi) is 9.08. The summed E-state index contributed by atoms with van der Waals surface area (Å²) in [5.74, 6) is -0.0612. The molecule has 1 aromatic heterocycles. The molecule has 0 atom stereocenters. The first-order valence-corrected chi connectivity index (χ1v) is 14.8. The SMILES string of the molecule is COc1ccc2c(c1)CCN(C1CCN(C(=O)Cn3cc(-c4cccc(OC(F)(F)F)c4)c(=O)n(C(C)C)c3=O)CC1)C(=O)C2. The maximum Gasteiger partial charge on any atom is 0.573 e. The molecule has 1 saturated heterocycles. The van der Waals surface area contributed by atoms with E-state index in [-0.39, 0.29) is 35.5 Å². The highest BCUT2D eigenvalue weighted by molar-refractivity contribution is 5.80. The van der Waals surface area contributed by atoms with Crippen molar-refractivity contribution in [1.29, 1.82) is 0 Å². The Bertz CT molecular complexity index is 1710. The molecule has 2 aliphatic rings. The highest BCUT2D eigenvalue weighted by atomic mass is 19.4. The summed E-state index contributed by atoms with van der Waals surface area (Å²) < 4.78 is 49.9. The first kappa shape index (κ1) is 31.9. The quantitative estimate of drug-likeness (QED) is 0.395. The molecule has 5 rings (SSSR count). The first-order valence-electron chi connectivity index (χ1n) is 14.8. The van der Waals surface area contributed by atoms with Crippen LogP contribution >= 0.6 is 0 Å². The molecule has 10 nitrogen and oxygen atoms in total. The Hall–Kier alpha value is -4.55. The fraction of sp³-hybridized carbons (Fsp3) is 0.438. The third-order valence-electron chi connectivity index (χ3n) is 8.34. The van der Waals surface area contributed by atoms with Gasteiger partial charge in [-0.05, 0) is 74.1 Å². The fourth-order valence-corrected chi connectivity index (χ4v) is 6.07. The summed E-state index contributed by atoms with van der Waals surface area (Å²) in [6.45, 7) is 4.24. The molecule has 0 unspecified atom stereocenters. The van der Waals surface area contributed by atoms with E-state index in [1.165, 1.54) is 18.3 Å². The van der Waals surface area contributed by atoms with Gasteiger partial charge in [-0.15, -0.1) is 13.2 Å². The van der Waals surface area contributed by atoms with Crippen molar-refractivity contribution in [3.8, 4) is 22.6 Å². The van der Waals surface area contributed by atoms with Crippen molar-refractivity contribution in [2.24, 2.45) is 0 Å². The molecule has 1 fully saturated rings. The highest BCUT2D eigenvalue weighted by Crippen LogP contribution is 2.28. The third kappa shape index (κ3) is 7.07. The van der Waals surface area contributed by atoms with E-state index < -0.39 is 29.4 Å². The normalized spacial score (nSPS) is 16.0. The van der Waals surface area contributed by atoms with Crippen LogP contribution in [0, 0.1) is 0 Å². The van der Waals surface area contributed by atoms with Crippen molar-refractivity contribution in [2.45, 2.75) is 64.5 Å². The molecule has 0 aliphatic carbocycles. The number of hydrogen-bond acceptors (Lipinski definition) is 6. The summed E-state index contributed by atoms with van der Waals surface area (Å²) in [4.78, 5) is 56.6. The number of nitrogens with zero attached hydrogens (tertiary/aromatic N) is 4. The Morgan fingerprint density at radius 2 is 1.71 bits per heavy atom. The van der Waals surface area contributed by atoms with Crippen LogP contribution in [0.25, 0.3) is 11.1 Å². The molecule has 0 saturated carbocycles. The second-order valence-corrected chi connectivity index (χ2v) is 11.6. The Morgan fingerprint density at radius 3 is 2.38 bits per heavy atom. The molecule has 240 valence electrons. The maximum absolute atomic E-state index is 13.4. The van der Waals surface area contributed by atoms with Crippen LogP contribution in [-0.4, -0.2) is 69.9 Å². The van der Waals surface area contributed by atoms with E-state index in [1.54, 1.807) is 25.9 Å². The number of rotatable bonds is 7. The number of piperidine rings is 1. The van der Waals surface area contributed by atoms with Crippen LogP contribution in [0.5, 0.6) is 11.5 Å². The van der Waals surface area contributed by atoms with Crippen molar-refractivity contribution in [1.82, 2.24) is 18.9 Å². The number of carbonyl (C=O) groups is 2. The summed E-state index contributed by atoms with van der Waals surface area (Å²) in [5, 5.41) is 0. The summed E-state index contributed by atoms with van der Waals surface area (Å²) in [5.41, 5.74) is 0.761. The molecular formula is C32H35F3N4O6. The van der Waals surface area contributed by atoms with Gasteiger partial charge >= 0.3 is 12.1 Å². The molecule has 0 N–H and O–H groups in total. The average molecular weight is 629 g/mol. The van der Waals surface area contributed by atoms with Crippen molar-refractivity contribution in [2.75, 3.05) is 26.7 Å². The summed E-state index contributed by atoms with van der Waals surface area (Å²) in [7, 11) is 1.61. The van der Waals surface area contributed by atoms with E-state index >= 15 is 0 Å². The van der Waals surface area contributed by atoms with E-state index in [0.29, 0.717) is 45.3 Å². The molecular weight excluding hydrogens is 593 g/mol. The van der Waals surface area contributed by atoms with Gasteiger partial charge in [-0.25, -0.2) is 4.79 Å². The molecule has 3 heterocycles. The number of fused-ring (bicyclic) bond motifs is 1. The number of aromatic nitrogens is 2. The molecule has 0 radical (unpaired) electrons. The first-order chi connectivity index (χ1) is 21.3. The van der Waals surface area contributed by atoms with Crippen LogP contribution in [0.3, 0.4) is 0 Å². The van der Waals surface area contributed by atoms with Gasteiger partial charge in [-0.1, -0.05) is 18.2 Å². The number of halogens is 3. The number of hydrogen-bond donors (Lipinski definition) is 0. The van der Waals surface area contributed by atoms with E-state index in [9.17, 15) is 32.3 Å². The minimum atomic E-state index is -4.92. The van der Waals surface area contributed by atoms with Crippen molar-refractivity contribution < 1.29 is 32.2 Å². The van der Waals surface area contributed by atoms with Gasteiger partial charge in [0, 0.05) is 37.9 Å². The molecule has 3 aromatic rings. The van der Waals surface area contributed by atoms with Crippen molar-refractivity contribution in [3.05, 3.63) is 80.6 Å². The number of benzene rings is 2. The zero-order valence-electron chi connectivity index (χ0n) is 25.3. The highest BCUT2D eigenvalue weighted by Gasteiger charge is 2.33. The lowest BCUT2D eigenvalue weighted by Gasteiger charge is -2.38. The largest absolute Gasteiger partial charge is 0.573 e. The summed E-state index contributed by atoms with van der Waals surface area (Å²) in [6, 6.07) is 10.1. The maximum atomic E-state index is 13.4. The van der Waals surface area contributed by atoms with Gasteiger partial charge in [0.05, 0.1) is 19.1 Å². The van der Waals surface area contributed by atoms with Gasteiger partial charge in [0.15, 0.2) is 0 Å². The van der Waals surface area contributed by atoms with E-state index in [2.05, 4.69) is 4.74 Å². The monoisotopic (exact) mass is 628 g/mol. The number of methoxy groups -OCH3 is 1. The molecule has 0 bridgehead atoms. The second-order valence-electron chi connectivity index (χ2n) is 11.6. The number of amides is 2. The number of alkyl halides is 3. The average Bonchev–Trinajstić information content (AvgIpc) is 3.15. The van der Waals surface area contributed by atoms with Crippen LogP contribution < -0.4 is 20.7 Å². The van der Waals surface area contributed by atoms with Gasteiger partial charge in [0.2, 0.25) is 11.8 Å². The number of ether oxygens (including phenoxy) is 2. The Morgan fingerprint density at radius 1 is 0.978 bits per heavy atom. The van der Waals surface area contributed by atoms with Gasteiger partial charge in [0.1, 0.15) is 18.0 Å². The minimum Gasteiger partial charge on any atom is -0.497 e. The molecule has 2 amide bonds. The van der Waals surface area contributed by atoms with Crippen LogP contribution in [0.4, 0.5) is 13.2 Å². The van der Waals surface area contributed by atoms with Crippen LogP contribution in [0.1, 0.15) is 43.9 Å². The van der Waals surface area contributed by atoms with Crippen LogP contribution in [-0.2, 0) is 29.0 Å². The zero-order valence-corrected chi connectivity index (χ0v) is 25.3. The lowest BCUT2D eigenvalue weighted by atomic mass is 10.0. The van der Waals surface area contributed by atoms with E-state index in [1.807, 2.05) is 23.1 Å². The number of likely N-dealkylation sites (tertiary alicyclic amines) is 1. The van der Waals surface area contributed by atoms with Crippen LogP contribution in [0.2, 0.25) is 0 Å². The standard InChI is InChI=1S/C32H35F3N4O6/c1-20(2)39-30(42)27(23-5-4-6-26(16-23)45-32(33,34)35)18-37(31(39)43)19-29(41)36-12-10-24(11-13-36)38-14-9-22-15-25(44-3)8-7-21(22)17-28(38)40/h4-8,15-16,18,20,24H,9-14,17,19H2,1-3H3. The topological polar surface area (TPSA) is 103 Å². The Balaban J connectivity index is 1.30. The fourth-order valence-electron chi connectivity index (χ4n) is 6.07. The van der Waals surface area contributed by atoms with Crippen molar-refractivity contribution >= 4 is 11.8 Å². The molecule has 13 heteroatoms. The molecule has 2 aliphatic heterocycles. The van der Waals surface area contributed by atoms with Crippen molar-refractivity contribution in [3.63, 3.8) is 0 Å². The minimum absolute atomic E-state index is 0.0267. The summed E-state index contributed by atoms with van der Waals surface area (Å²) in [6.07, 6.45) is -1.54. The lowest BCUT2D eigenvalue weighted by Crippen LogP contribution is -2.50. The smallest absolute Gasteiger partial charge is 0.497 e. The van der Waals surface area contributed by atoms with Crippen LogP contribution in [0.15, 0.2) is 58.3 Å². The lowest BCUT2D eigenvalue weighted by molar-refractivity contribution is -0.274. The summed E-state index contributed by atoms with van der Waals surface area (Å²) >= 11 is 0. The zero-order chi connectivity index (χ0) is 32.5. The third-order valence-corrected chi connectivity index (χ3v) is 8.34. The van der Waals surface area contributed by atoms with Gasteiger partial charge in [-0.2, -0.15) is 0 Å². The predicted octanol–water partition coefficient (Wildman–Crippen LogP) is 3.78. The van der Waals surface area contributed by atoms with E-state index in [0.717, 1.165) is 38.1 Å². The van der Waals surface area contributed by atoms with E-state index in [4.69, 9.17) is 4.74 Å². The molecule has 0 spiro atoms. The predicted molar refractivity (Wildman–Crippen MR) is 159 cm³/mol. The molecule has 2 aromatic carbocycles.